The van der Waals surface area contributed by atoms with E-state index < -0.39 is 0 Å². The molecule has 0 unspecified atom stereocenters. The zero-order valence-electron chi connectivity index (χ0n) is 18.1. The van der Waals surface area contributed by atoms with Gasteiger partial charge in [-0.05, 0) is 12.3 Å². The molecule has 1 amide bonds. The lowest BCUT2D eigenvalue weighted by atomic mass is 10.0. The van der Waals surface area contributed by atoms with Gasteiger partial charge in [-0.15, -0.1) is 0 Å². The molecule has 0 saturated heterocycles. The van der Waals surface area contributed by atoms with Crippen LogP contribution in [0.3, 0.4) is 0 Å². The number of nitrogens with one attached hydrogen (secondary N) is 1. The second kappa shape index (κ2) is 20.6. The number of rotatable bonds is 19. The summed E-state index contributed by atoms with van der Waals surface area (Å²) in [5, 5.41) is 2.78. The van der Waals surface area contributed by atoms with Crippen LogP contribution in [-0.2, 0) is 4.74 Å². The van der Waals surface area contributed by atoms with E-state index in [-0.39, 0.29) is 6.09 Å². The summed E-state index contributed by atoms with van der Waals surface area (Å²) in [5.74, 6) is 0.470. The van der Waals surface area contributed by atoms with Gasteiger partial charge in [0.05, 0.1) is 6.61 Å². The van der Waals surface area contributed by atoms with Gasteiger partial charge in [-0.3, -0.25) is 0 Å². The van der Waals surface area contributed by atoms with E-state index in [4.69, 9.17) is 4.74 Å². The largest absolute Gasteiger partial charge is 0.450 e. The Morgan fingerprint density at radius 3 is 1.46 bits per heavy atom. The van der Waals surface area contributed by atoms with Crippen LogP contribution in [0.4, 0.5) is 4.79 Å². The SMILES string of the molecule is CCCCCCCCCCCCCCCCCCOC(=O)NCC(C)C. The van der Waals surface area contributed by atoms with Gasteiger partial charge in [0.15, 0.2) is 0 Å². The molecule has 0 aromatic rings. The van der Waals surface area contributed by atoms with E-state index in [9.17, 15) is 4.79 Å². The van der Waals surface area contributed by atoms with Crippen molar-refractivity contribution in [3.63, 3.8) is 0 Å². The van der Waals surface area contributed by atoms with E-state index in [1.165, 1.54) is 96.3 Å². The quantitative estimate of drug-likeness (QED) is 0.238. The Balaban J connectivity index is 3.08. The van der Waals surface area contributed by atoms with Gasteiger partial charge in [-0.2, -0.15) is 0 Å². The van der Waals surface area contributed by atoms with Crippen LogP contribution in [0.5, 0.6) is 0 Å². The van der Waals surface area contributed by atoms with Gasteiger partial charge < -0.3 is 10.1 Å². The Morgan fingerprint density at radius 1 is 0.692 bits per heavy atom. The lowest BCUT2D eigenvalue weighted by Crippen LogP contribution is -2.28. The maximum absolute atomic E-state index is 11.4. The van der Waals surface area contributed by atoms with Crippen molar-refractivity contribution >= 4 is 6.09 Å². The van der Waals surface area contributed by atoms with Crippen LogP contribution in [-0.4, -0.2) is 19.2 Å². The molecule has 0 aliphatic rings. The van der Waals surface area contributed by atoms with E-state index in [2.05, 4.69) is 26.1 Å². The monoisotopic (exact) mass is 369 g/mol. The highest BCUT2D eigenvalue weighted by atomic mass is 16.5. The Labute approximate surface area is 164 Å². The number of hydrogen-bond donors (Lipinski definition) is 1. The average molecular weight is 370 g/mol. The van der Waals surface area contributed by atoms with Crippen LogP contribution in [0.1, 0.15) is 124 Å². The van der Waals surface area contributed by atoms with Crippen molar-refractivity contribution in [2.75, 3.05) is 13.2 Å². The molecule has 0 heterocycles. The molecular formula is C23H47NO2. The maximum Gasteiger partial charge on any atom is 0.407 e. The van der Waals surface area contributed by atoms with Crippen molar-refractivity contribution in [2.24, 2.45) is 5.92 Å². The summed E-state index contributed by atoms with van der Waals surface area (Å²) >= 11 is 0. The summed E-state index contributed by atoms with van der Waals surface area (Å²) in [4.78, 5) is 11.4. The molecule has 0 aromatic carbocycles. The number of unbranched alkanes of at least 4 members (excludes halogenated alkanes) is 15. The molecule has 156 valence electrons. The van der Waals surface area contributed by atoms with E-state index in [1.807, 2.05) is 0 Å². The summed E-state index contributed by atoms with van der Waals surface area (Å²) in [7, 11) is 0. The number of carbonyl (C=O) groups is 1. The third kappa shape index (κ3) is 21.3. The molecule has 3 heteroatoms. The van der Waals surface area contributed by atoms with Crippen LogP contribution in [0.15, 0.2) is 0 Å². The zero-order chi connectivity index (χ0) is 19.3. The lowest BCUT2D eigenvalue weighted by molar-refractivity contribution is 0.142. The van der Waals surface area contributed by atoms with Crippen molar-refractivity contribution < 1.29 is 9.53 Å². The molecule has 0 bridgehead atoms. The van der Waals surface area contributed by atoms with Gasteiger partial charge in [0.25, 0.3) is 0 Å². The first-order valence-corrected chi connectivity index (χ1v) is 11.6. The maximum atomic E-state index is 11.4. The molecule has 0 rings (SSSR count). The van der Waals surface area contributed by atoms with Gasteiger partial charge in [0.1, 0.15) is 0 Å². The van der Waals surface area contributed by atoms with Crippen molar-refractivity contribution in [2.45, 2.75) is 124 Å². The summed E-state index contributed by atoms with van der Waals surface area (Å²) in [5.41, 5.74) is 0. The van der Waals surface area contributed by atoms with E-state index in [1.54, 1.807) is 0 Å². The molecule has 26 heavy (non-hydrogen) atoms. The second-order valence-corrected chi connectivity index (χ2v) is 8.21. The summed E-state index contributed by atoms with van der Waals surface area (Å²) < 4.78 is 5.16. The number of alkyl carbamates (subject to hydrolysis) is 1. The first-order chi connectivity index (χ1) is 12.7. The smallest absolute Gasteiger partial charge is 0.407 e. The minimum atomic E-state index is -0.264. The summed E-state index contributed by atoms with van der Waals surface area (Å²) in [6, 6.07) is 0. The molecule has 0 radical (unpaired) electrons. The fourth-order valence-electron chi connectivity index (χ4n) is 3.15. The topological polar surface area (TPSA) is 38.3 Å². The molecule has 0 spiro atoms. The minimum Gasteiger partial charge on any atom is -0.450 e. The fraction of sp³-hybridized carbons (Fsp3) is 0.957. The van der Waals surface area contributed by atoms with Crippen LogP contribution >= 0.6 is 0 Å². The van der Waals surface area contributed by atoms with E-state index in [0.29, 0.717) is 19.1 Å². The predicted molar refractivity (Wildman–Crippen MR) is 114 cm³/mol. The van der Waals surface area contributed by atoms with E-state index >= 15 is 0 Å². The highest BCUT2D eigenvalue weighted by Gasteiger charge is 2.02. The van der Waals surface area contributed by atoms with Crippen LogP contribution in [0, 0.1) is 5.92 Å². The second-order valence-electron chi connectivity index (χ2n) is 8.21. The molecule has 0 aliphatic heterocycles. The molecule has 3 nitrogen and oxygen atoms in total. The van der Waals surface area contributed by atoms with Crippen molar-refractivity contribution in [1.82, 2.24) is 5.32 Å². The summed E-state index contributed by atoms with van der Waals surface area (Å²) in [6.45, 7) is 7.69. The molecule has 0 atom stereocenters. The van der Waals surface area contributed by atoms with E-state index in [0.717, 1.165) is 6.42 Å². The number of amides is 1. The molecule has 0 aromatic heterocycles. The minimum absolute atomic E-state index is 0.264. The van der Waals surface area contributed by atoms with Gasteiger partial charge in [-0.1, -0.05) is 117 Å². The molecule has 0 fully saturated rings. The van der Waals surface area contributed by atoms with Gasteiger partial charge >= 0.3 is 6.09 Å². The third-order valence-electron chi connectivity index (χ3n) is 4.89. The summed E-state index contributed by atoms with van der Waals surface area (Å²) in [6.07, 6.45) is 21.5. The predicted octanol–water partition coefficient (Wildman–Crippen LogP) is 7.63. The molecule has 1 N–H and O–H groups in total. The van der Waals surface area contributed by atoms with Crippen molar-refractivity contribution in [3.05, 3.63) is 0 Å². The van der Waals surface area contributed by atoms with Gasteiger partial charge in [0, 0.05) is 6.54 Å². The Hall–Kier alpha value is -0.730. The molecule has 0 saturated carbocycles. The van der Waals surface area contributed by atoms with Crippen LogP contribution in [0.2, 0.25) is 0 Å². The fourth-order valence-corrected chi connectivity index (χ4v) is 3.15. The highest BCUT2D eigenvalue weighted by molar-refractivity contribution is 5.66. The number of ether oxygens (including phenoxy) is 1. The first kappa shape index (κ1) is 25.3. The van der Waals surface area contributed by atoms with Crippen LogP contribution < -0.4 is 5.32 Å². The Morgan fingerprint density at radius 2 is 1.08 bits per heavy atom. The average Bonchev–Trinajstić information content (AvgIpc) is 2.62. The van der Waals surface area contributed by atoms with Gasteiger partial charge in [0.2, 0.25) is 0 Å². The number of carbonyl (C=O) groups excluding carboxylic acids is 1. The Bertz CT molecular complexity index is 292. The number of hydrogen-bond acceptors (Lipinski definition) is 2. The highest BCUT2D eigenvalue weighted by Crippen LogP contribution is 2.13. The lowest BCUT2D eigenvalue weighted by Gasteiger charge is -2.08. The van der Waals surface area contributed by atoms with Crippen LogP contribution in [0.25, 0.3) is 0 Å². The first-order valence-electron chi connectivity index (χ1n) is 11.6. The molecular weight excluding hydrogens is 322 g/mol. The van der Waals surface area contributed by atoms with Crippen molar-refractivity contribution in [3.8, 4) is 0 Å². The molecule has 0 aliphatic carbocycles. The normalized spacial score (nSPS) is 11.1. The van der Waals surface area contributed by atoms with Gasteiger partial charge in [-0.25, -0.2) is 4.79 Å². The third-order valence-corrected chi connectivity index (χ3v) is 4.89. The Kier molecular flexibility index (Phi) is 20.0. The zero-order valence-corrected chi connectivity index (χ0v) is 18.1. The standard InChI is InChI=1S/C23H47NO2/c1-4-5-6-7-8-9-10-11-12-13-14-15-16-17-18-19-20-26-23(25)24-21-22(2)3/h22H,4-21H2,1-3H3,(H,24,25). The van der Waals surface area contributed by atoms with Crippen molar-refractivity contribution in [1.29, 1.82) is 0 Å².